The standard InChI is InChI=1S/C17H26N6O3/c1-21(11-13-10-19-22(2)12-13)15(25)18-8-5-9-23-14(24)17(20-16(23)26)6-3-4-7-17/h10,12H,3-9,11H2,1-2H3,(H,18,25)(H,20,26). The Balaban J connectivity index is 1.40. The van der Waals surface area contributed by atoms with Gasteiger partial charge in [-0.1, -0.05) is 12.8 Å². The minimum atomic E-state index is -0.662. The van der Waals surface area contributed by atoms with E-state index >= 15 is 0 Å². The van der Waals surface area contributed by atoms with Crippen LogP contribution in [-0.4, -0.2) is 63.2 Å². The highest BCUT2D eigenvalue weighted by atomic mass is 16.2. The lowest BCUT2D eigenvalue weighted by Gasteiger charge is -2.20. The first kappa shape index (κ1) is 18.2. The van der Waals surface area contributed by atoms with Crippen molar-refractivity contribution in [1.29, 1.82) is 0 Å². The molecule has 26 heavy (non-hydrogen) atoms. The van der Waals surface area contributed by atoms with Crippen LogP contribution in [-0.2, 0) is 18.4 Å². The first-order chi connectivity index (χ1) is 12.4. The number of amides is 5. The first-order valence-electron chi connectivity index (χ1n) is 9.02. The third kappa shape index (κ3) is 3.66. The maximum Gasteiger partial charge on any atom is 0.325 e. The van der Waals surface area contributed by atoms with Crippen LogP contribution in [0.3, 0.4) is 0 Å². The van der Waals surface area contributed by atoms with Crippen molar-refractivity contribution < 1.29 is 14.4 Å². The Bertz CT molecular complexity index is 694. The number of urea groups is 2. The molecule has 2 heterocycles. The lowest BCUT2D eigenvalue weighted by Crippen LogP contribution is -2.44. The van der Waals surface area contributed by atoms with Gasteiger partial charge in [0, 0.05) is 38.9 Å². The van der Waals surface area contributed by atoms with Gasteiger partial charge in [0.2, 0.25) is 0 Å². The number of carbonyl (C=O) groups is 3. The molecule has 0 bridgehead atoms. The molecule has 3 rings (SSSR count). The normalized spacial score (nSPS) is 18.5. The average Bonchev–Trinajstić information content (AvgIpc) is 3.28. The van der Waals surface area contributed by atoms with E-state index in [1.807, 2.05) is 13.2 Å². The van der Waals surface area contributed by atoms with E-state index in [2.05, 4.69) is 15.7 Å². The smallest absolute Gasteiger partial charge is 0.325 e. The van der Waals surface area contributed by atoms with Crippen molar-refractivity contribution in [2.24, 2.45) is 7.05 Å². The van der Waals surface area contributed by atoms with Crippen LogP contribution in [0.4, 0.5) is 9.59 Å². The Hall–Kier alpha value is -2.58. The molecule has 0 unspecified atom stereocenters. The second-order valence-electron chi connectivity index (χ2n) is 7.14. The summed E-state index contributed by atoms with van der Waals surface area (Å²) in [5.74, 6) is -0.111. The van der Waals surface area contributed by atoms with Crippen LogP contribution in [0.15, 0.2) is 12.4 Å². The number of rotatable bonds is 6. The van der Waals surface area contributed by atoms with E-state index in [1.54, 1.807) is 22.8 Å². The number of hydrogen-bond acceptors (Lipinski definition) is 4. The predicted octanol–water partition coefficient (Wildman–Crippen LogP) is 0.816. The third-order valence-electron chi connectivity index (χ3n) is 5.06. The van der Waals surface area contributed by atoms with Gasteiger partial charge in [-0.05, 0) is 19.3 Å². The lowest BCUT2D eigenvalue weighted by molar-refractivity contribution is -0.131. The molecule has 5 amide bonds. The molecule has 1 aliphatic heterocycles. The Morgan fingerprint density at radius 2 is 2.12 bits per heavy atom. The second kappa shape index (κ2) is 7.35. The molecule has 1 aromatic rings. The highest BCUT2D eigenvalue weighted by Gasteiger charge is 2.51. The van der Waals surface area contributed by atoms with Gasteiger partial charge in [-0.25, -0.2) is 9.59 Å². The number of nitrogens with one attached hydrogen (secondary N) is 2. The zero-order valence-corrected chi connectivity index (χ0v) is 15.3. The molecule has 142 valence electrons. The average molecular weight is 362 g/mol. The second-order valence-corrected chi connectivity index (χ2v) is 7.14. The minimum absolute atomic E-state index is 0.111. The van der Waals surface area contributed by atoms with Gasteiger partial charge in [-0.2, -0.15) is 5.10 Å². The number of carbonyl (C=O) groups excluding carboxylic acids is 3. The Morgan fingerprint density at radius 1 is 1.38 bits per heavy atom. The summed E-state index contributed by atoms with van der Waals surface area (Å²) in [6, 6.07) is -0.504. The van der Waals surface area contributed by atoms with E-state index in [0.717, 1.165) is 31.2 Å². The molecule has 9 nitrogen and oxygen atoms in total. The summed E-state index contributed by atoms with van der Waals surface area (Å²) in [6.45, 7) is 1.19. The summed E-state index contributed by atoms with van der Waals surface area (Å²) in [5.41, 5.74) is 0.288. The molecule has 1 spiro atoms. The summed E-state index contributed by atoms with van der Waals surface area (Å²) in [7, 11) is 3.54. The fraction of sp³-hybridized carbons (Fsp3) is 0.647. The third-order valence-corrected chi connectivity index (χ3v) is 5.06. The molecule has 1 aliphatic carbocycles. The van der Waals surface area contributed by atoms with E-state index in [-0.39, 0.29) is 18.0 Å². The molecule has 1 saturated heterocycles. The topological polar surface area (TPSA) is 99.6 Å². The van der Waals surface area contributed by atoms with Crippen LogP contribution in [0.5, 0.6) is 0 Å². The molecular weight excluding hydrogens is 336 g/mol. The van der Waals surface area contributed by atoms with Crippen LogP contribution in [0, 0.1) is 0 Å². The number of aromatic nitrogens is 2. The van der Waals surface area contributed by atoms with E-state index in [0.29, 0.717) is 26.1 Å². The van der Waals surface area contributed by atoms with Gasteiger partial charge >= 0.3 is 12.1 Å². The van der Waals surface area contributed by atoms with E-state index < -0.39 is 5.54 Å². The zero-order chi connectivity index (χ0) is 18.7. The number of hydrogen-bond donors (Lipinski definition) is 2. The number of nitrogens with zero attached hydrogens (tertiary/aromatic N) is 4. The Morgan fingerprint density at radius 3 is 2.77 bits per heavy atom. The Labute approximate surface area is 152 Å². The lowest BCUT2D eigenvalue weighted by atomic mass is 9.98. The van der Waals surface area contributed by atoms with Crippen molar-refractivity contribution in [2.45, 2.75) is 44.2 Å². The van der Waals surface area contributed by atoms with Crippen LogP contribution in [0.2, 0.25) is 0 Å². The van der Waals surface area contributed by atoms with Gasteiger partial charge in [0.25, 0.3) is 5.91 Å². The largest absolute Gasteiger partial charge is 0.338 e. The van der Waals surface area contributed by atoms with Gasteiger partial charge in [0.05, 0.1) is 12.7 Å². The molecule has 0 radical (unpaired) electrons. The summed E-state index contributed by atoms with van der Waals surface area (Å²) in [5, 5.41) is 9.75. The van der Waals surface area contributed by atoms with Gasteiger partial charge in [0.15, 0.2) is 0 Å². The summed E-state index contributed by atoms with van der Waals surface area (Å²) >= 11 is 0. The monoisotopic (exact) mass is 362 g/mol. The molecule has 2 aliphatic rings. The highest BCUT2D eigenvalue weighted by Crippen LogP contribution is 2.34. The van der Waals surface area contributed by atoms with Crippen LogP contribution >= 0.6 is 0 Å². The summed E-state index contributed by atoms with van der Waals surface area (Å²) in [4.78, 5) is 39.6. The SMILES string of the molecule is CN(Cc1cnn(C)c1)C(=O)NCCCN1C(=O)NC2(CCCC2)C1=O. The maximum atomic E-state index is 12.5. The van der Waals surface area contributed by atoms with Crippen molar-refractivity contribution in [3.8, 4) is 0 Å². The molecule has 1 aromatic heterocycles. The van der Waals surface area contributed by atoms with Crippen molar-refractivity contribution in [3.05, 3.63) is 18.0 Å². The molecule has 0 atom stereocenters. The molecule has 2 fully saturated rings. The Kier molecular flexibility index (Phi) is 5.15. The van der Waals surface area contributed by atoms with E-state index in [9.17, 15) is 14.4 Å². The quantitative estimate of drug-likeness (QED) is 0.578. The molecule has 1 saturated carbocycles. The molecule has 2 N–H and O–H groups in total. The zero-order valence-electron chi connectivity index (χ0n) is 15.3. The first-order valence-corrected chi connectivity index (χ1v) is 9.02. The highest BCUT2D eigenvalue weighted by molar-refractivity contribution is 6.07. The number of imide groups is 1. The van der Waals surface area contributed by atoms with Gasteiger partial charge in [-0.3, -0.25) is 14.4 Å². The van der Waals surface area contributed by atoms with Gasteiger partial charge in [0.1, 0.15) is 5.54 Å². The molecule has 9 heteroatoms. The maximum absolute atomic E-state index is 12.5. The summed E-state index contributed by atoms with van der Waals surface area (Å²) in [6.07, 6.45) is 7.51. The minimum Gasteiger partial charge on any atom is -0.338 e. The van der Waals surface area contributed by atoms with E-state index in [4.69, 9.17) is 0 Å². The van der Waals surface area contributed by atoms with Crippen molar-refractivity contribution in [1.82, 2.24) is 30.2 Å². The van der Waals surface area contributed by atoms with E-state index in [1.165, 1.54) is 4.90 Å². The van der Waals surface area contributed by atoms with Gasteiger partial charge < -0.3 is 15.5 Å². The van der Waals surface area contributed by atoms with Crippen molar-refractivity contribution >= 4 is 18.0 Å². The van der Waals surface area contributed by atoms with Crippen molar-refractivity contribution in [3.63, 3.8) is 0 Å². The predicted molar refractivity (Wildman–Crippen MR) is 94.1 cm³/mol. The molecule has 0 aromatic carbocycles. The van der Waals surface area contributed by atoms with Crippen molar-refractivity contribution in [2.75, 3.05) is 20.1 Å². The fourth-order valence-electron chi connectivity index (χ4n) is 3.66. The number of aryl methyl sites for hydroxylation is 1. The van der Waals surface area contributed by atoms with Crippen LogP contribution in [0.25, 0.3) is 0 Å². The summed E-state index contributed by atoms with van der Waals surface area (Å²) < 4.78 is 1.69. The van der Waals surface area contributed by atoms with Gasteiger partial charge in [-0.15, -0.1) is 0 Å². The van der Waals surface area contributed by atoms with Crippen LogP contribution < -0.4 is 10.6 Å². The molecular formula is C17H26N6O3. The van der Waals surface area contributed by atoms with Crippen LogP contribution in [0.1, 0.15) is 37.7 Å². The fourth-order valence-corrected chi connectivity index (χ4v) is 3.66.